The number of methoxy groups -OCH3 is 1. The third-order valence-corrected chi connectivity index (χ3v) is 3.35. The maximum Gasteiger partial charge on any atom is 0.328 e. The number of ether oxygens (including phenoxy) is 1. The van der Waals surface area contributed by atoms with Crippen molar-refractivity contribution in [2.75, 3.05) is 14.2 Å². The Labute approximate surface area is 114 Å². The number of hydrogen-bond acceptors (Lipinski definition) is 3. The Kier molecular flexibility index (Phi) is 5.12. The normalized spacial score (nSPS) is 12.7. The Morgan fingerprint density at radius 3 is 2.47 bits per heavy atom. The molecule has 2 N–H and O–H groups in total. The van der Waals surface area contributed by atoms with E-state index in [4.69, 9.17) is 9.84 Å². The first-order valence-corrected chi connectivity index (χ1v) is 6.15. The number of carbonyl (C=O) groups is 1. The third-order valence-electron chi connectivity index (χ3n) is 3.35. The number of carboxylic acid groups (broad SMARTS) is 1. The van der Waals surface area contributed by atoms with Crippen LogP contribution in [0.5, 0.6) is 5.75 Å². The Morgan fingerprint density at radius 2 is 2.00 bits per heavy atom. The summed E-state index contributed by atoms with van der Waals surface area (Å²) in [4.78, 5) is 10.6. The van der Waals surface area contributed by atoms with Crippen molar-refractivity contribution in [3.63, 3.8) is 0 Å². The summed E-state index contributed by atoms with van der Waals surface area (Å²) < 4.78 is 5.39. The Bertz CT molecular complexity index is 507. The van der Waals surface area contributed by atoms with Crippen molar-refractivity contribution in [3.05, 3.63) is 40.5 Å². The first-order valence-electron chi connectivity index (χ1n) is 6.15. The van der Waals surface area contributed by atoms with Gasteiger partial charge in [-0.25, -0.2) is 4.79 Å². The van der Waals surface area contributed by atoms with Crippen molar-refractivity contribution in [2.45, 2.75) is 26.8 Å². The molecule has 1 rings (SSSR count). The SMILES string of the molecule is CNC(/C=C/C(=O)O)c1cc(C)c(OC)c(C)c1C. The highest BCUT2D eigenvalue weighted by atomic mass is 16.5. The van der Waals surface area contributed by atoms with Crippen LogP contribution < -0.4 is 10.1 Å². The van der Waals surface area contributed by atoms with Crippen LogP contribution in [0.1, 0.15) is 28.3 Å². The summed E-state index contributed by atoms with van der Waals surface area (Å²) in [6, 6.07) is 1.91. The summed E-state index contributed by atoms with van der Waals surface area (Å²) >= 11 is 0. The highest BCUT2D eigenvalue weighted by Crippen LogP contribution is 2.31. The zero-order chi connectivity index (χ0) is 14.6. The molecule has 1 aromatic carbocycles. The van der Waals surface area contributed by atoms with Crippen LogP contribution in [0.15, 0.2) is 18.2 Å². The highest BCUT2D eigenvalue weighted by Gasteiger charge is 2.15. The van der Waals surface area contributed by atoms with Gasteiger partial charge in [-0.15, -0.1) is 0 Å². The lowest BCUT2D eigenvalue weighted by Gasteiger charge is -2.20. The number of nitrogens with one attached hydrogen (secondary N) is 1. The number of aliphatic carboxylic acids is 1. The quantitative estimate of drug-likeness (QED) is 0.801. The van der Waals surface area contributed by atoms with E-state index in [1.807, 2.05) is 33.9 Å². The molecule has 0 saturated heterocycles. The molecule has 1 unspecified atom stereocenters. The van der Waals surface area contributed by atoms with Crippen molar-refractivity contribution in [2.24, 2.45) is 0 Å². The Balaban J connectivity index is 3.29. The standard InChI is InChI=1S/C15H21NO3/c1-9-8-12(10(2)11(3)15(9)19-5)13(16-4)6-7-14(17)18/h6-8,13,16H,1-5H3,(H,17,18)/b7-6+. The number of benzene rings is 1. The molecule has 0 aliphatic rings. The van der Waals surface area contributed by atoms with Crippen molar-refractivity contribution in [1.29, 1.82) is 0 Å². The van der Waals surface area contributed by atoms with E-state index in [9.17, 15) is 4.79 Å². The van der Waals surface area contributed by atoms with Gasteiger partial charge in [0.25, 0.3) is 0 Å². The minimum Gasteiger partial charge on any atom is -0.496 e. The van der Waals surface area contributed by atoms with E-state index in [0.29, 0.717) is 0 Å². The number of carboxylic acids is 1. The predicted octanol–water partition coefficient (Wildman–Crippen LogP) is 2.52. The largest absolute Gasteiger partial charge is 0.496 e. The predicted molar refractivity (Wildman–Crippen MR) is 75.8 cm³/mol. The number of rotatable bonds is 5. The molecule has 0 bridgehead atoms. The van der Waals surface area contributed by atoms with Gasteiger partial charge in [0.2, 0.25) is 0 Å². The van der Waals surface area contributed by atoms with Crippen molar-refractivity contribution >= 4 is 5.97 Å². The van der Waals surface area contributed by atoms with Crippen molar-refractivity contribution < 1.29 is 14.6 Å². The van der Waals surface area contributed by atoms with Gasteiger partial charge in [-0.1, -0.05) is 12.1 Å². The topological polar surface area (TPSA) is 58.6 Å². The monoisotopic (exact) mass is 263 g/mol. The minimum atomic E-state index is -0.945. The molecule has 0 fully saturated rings. The molecule has 1 atom stereocenters. The van der Waals surface area contributed by atoms with Crippen LogP contribution in [0.3, 0.4) is 0 Å². The first-order chi connectivity index (χ1) is 8.92. The molecule has 0 radical (unpaired) electrons. The van der Waals surface area contributed by atoms with Crippen LogP contribution in [0.25, 0.3) is 0 Å². The van der Waals surface area contributed by atoms with Gasteiger partial charge in [0.05, 0.1) is 13.2 Å². The molecule has 0 saturated carbocycles. The summed E-state index contributed by atoms with van der Waals surface area (Å²) in [6.45, 7) is 6.02. The maximum absolute atomic E-state index is 10.6. The van der Waals surface area contributed by atoms with Crippen molar-refractivity contribution in [1.82, 2.24) is 5.32 Å². The van der Waals surface area contributed by atoms with E-state index in [0.717, 1.165) is 34.1 Å². The molecule has 19 heavy (non-hydrogen) atoms. The average molecular weight is 263 g/mol. The van der Waals surface area contributed by atoms with Crippen LogP contribution in [0.2, 0.25) is 0 Å². The lowest BCUT2D eigenvalue weighted by molar-refractivity contribution is -0.131. The molecule has 104 valence electrons. The second-order valence-corrected chi connectivity index (χ2v) is 4.53. The number of likely N-dealkylation sites (N-methyl/N-ethyl adjacent to an activating group) is 1. The van der Waals surface area contributed by atoms with Gasteiger partial charge in [0, 0.05) is 6.08 Å². The van der Waals surface area contributed by atoms with Crippen molar-refractivity contribution in [3.8, 4) is 5.75 Å². The van der Waals surface area contributed by atoms with Gasteiger partial charge in [-0.05, 0) is 50.1 Å². The smallest absolute Gasteiger partial charge is 0.328 e. The molecule has 4 nitrogen and oxygen atoms in total. The summed E-state index contributed by atoms with van der Waals surface area (Å²) in [5, 5.41) is 11.8. The van der Waals surface area contributed by atoms with Gasteiger partial charge in [-0.2, -0.15) is 0 Å². The summed E-state index contributed by atoms with van der Waals surface area (Å²) in [5.74, 6) is -0.0572. The van der Waals surface area contributed by atoms with Gasteiger partial charge in [0.1, 0.15) is 5.75 Å². The van der Waals surface area contributed by atoms with E-state index >= 15 is 0 Å². The van der Waals surface area contributed by atoms with Gasteiger partial charge in [0.15, 0.2) is 0 Å². The van der Waals surface area contributed by atoms with Gasteiger partial charge >= 0.3 is 5.97 Å². The molecular formula is C15H21NO3. The Morgan fingerprint density at radius 1 is 1.37 bits per heavy atom. The second-order valence-electron chi connectivity index (χ2n) is 4.53. The fourth-order valence-corrected chi connectivity index (χ4v) is 2.26. The number of aryl methyl sites for hydroxylation is 1. The average Bonchev–Trinajstić information content (AvgIpc) is 2.36. The molecule has 0 aliphatic heterocycles. The summed E-state index contributed by atoms with van der Waals surface area (Å²) in [7, 11) is 3.47. The molecule has 4 heteroatoms. The Hall–Kier alpha value is -1.81. The van der Waals surface area contributed by atoms with E-state index in [2.05, 4.69) is 5.32 Å². The molecular weight excluding hydrogens is 242 g/mol. The molecule has 0 amide bonds. The lowest BCUT2D eigenvalue weighted by Crippen LogP contribution is -2.16. The summed E-state index contributed by atoms with van der Waals surface area (Å²) in [5.41, 5.74) is 4.30. The van der Waals surface area contributed by atoms with Crippen LogP contribution in [-0.4, -0.2) is 25.2 Å². The zero-order valence-electron chi connectivity index (χ0n) is 12.1. The molecule has 0 aromatic heterocycles. The third kappa shape index (κ3) is 3.35. The summed E-state index contributed by atoms with van der Waals surface area (Å²) in [6.07, 6.45) is 2.81. The fourth-order valence-electron chi connectivity index (χ4n) is 2.26. The molecule has 0 aliphatic carbocycles. The number of hydrogen-bond donors (Lipinski definition) is 2. The second kappa shape index (κ2) is 6.38. The first kappa shape index (κ1) is 15.2. The van der Waals surface area contributed by atoms with Crippen LogP contribution in [-0.2, 0) is 4.79 Å². The fraction of sp³-hybridized carbons (Fsp3) is 0.400. The van der Waals surface area contributed by atoms with Crippen LogP contribution in [0.4, 0.5) is 0 Å². The van der Waals surface area contributed by atoms with E-state index in [1.165, 1.54) is 0 Å². The van der Waals surface area contributed by atoms with E-state index < -0.39 is 5.97 Å². The molecule has 0 spiro atoms. The van der Waals surface area contributed by atoms with Crippen LogP contribution in [0, 0.1) is 20.8 Å². The molecule has 0 heterocycles. The maximum atomic E-state index is 10.6. The zero-order valence-corrected chi connectivity index (χ0v) is 12.1. The highest BCUT2D eigenvalue weighted by molar-refractivity contribution is 5.79. The van der Waals surface area contributed by atoms with Crippen LogP contribution >= 0.6 is 0 Å². The van der Waals surface area contributed by atoms with Gasteiger partial charge < -0.3 is 15.2 Å². The van der Waals surface area contributed by atoms with Gasteiger partial charge in [-0.3, -0.25) is 0 Å². The lowest BCUT2D eigenvalue weighted by atomic mass is 9.93. The van der Waals surface area contributed by atoms with E-state index in [1.54, 1.807) is 13.2 Å². The minimum absolute atomic E-state index is 0.126. The van der Waals surface area contributed by atoms with E-state index in [-0.39, 0.29) is 6.04 Å². The molecule has 1 aromatic rings.